The number of benzene rings is 4. The minimum atomic E-state index is -4.47. The monoisotopic (exact) mass is 1960 g/mol. The first-order valence-electron chi connectivity index (χ1n) is 46.1. The third-order valence-electron chi connectivity index (χ3n) is 23.8. The van der Waals surface area contributed by atoms with Crippen molar-refractivity contribution >= 4 is 115 Å². The van der Waals surface area contributed by atoms with Gasteiger partial charge < -0.3 is 93.2 Å². The average molecular weight is 1960 g/mol. The van der Waals surface area contributed by atoms with E-state index in [0.29, 0.717) is 81.0 Å². The van der Waals surface area contributed by atoms with Gasteiger partial charge in [-0.25, -0.2) is 31.1 Å². The maximum absolute atomic E-state index is 15.2. The van der Waals surface area contributed by atoms with Gasteiger partial charge in [-0.05, 0) is 229 Å². The number of hydrogen-bond acceptors (Lipinski definition) is 26. The first-order chi connectivity index (χ1) is 63.9. The molecule has 42 heteroatoms. The molecule has 756 valence electrons. The van der Waals surface area contributed by atoms with Crippen molar-refractivity contribution < 1.29 is 108 Å². The fourth-order valence-corrected chi connectivity index (χ4v) is 19.9. The van der Waals surface area contributed by atoms with Crippen molar-refractivity contribution in [2.75, 3.05) is 19.6 Å². The first-order valence-corrected chi connectivity index (χ1v) is 49.0. The summed E-state index contributed by atoms with van der Waals surface area (Å²) in [5.74, 6) is -12.7. The second-order valence-electron chi connectivity index (χ2n) is 39.8. The van der Waals surface area contributed by atoms with Gasteiger partial charge in [0.1, 0.15) is 88.3 Å². The van der Waals surface area contributed by atoms with Crippen molar-refractivity contribution in [1.82, 2.24) is 73.2 Å². The number of carbonyl (C=O) groups is 14. The number of amides is 10. The Balaban J connectivity index is 1.03. The van der Waals surface area contributed by atoms with Crippen LogP contribution in [0.15, 0.2) is 69.6 Å². The maximum Gasteiger partial charge on any atom is 0.408 e. The fourth-order valence-electron chi connectivity index (χ4n) is 16.9. The van der Waals surface area contributed by atoms with Crippen LogP contribution in [0.2, 0.25) is 0 Å². The molecule has 10 amide bonds. The minimum absolute atomic E-state index is 0.0696. The van der Waals surface area contributed by atoms with Crippen LogP contribution in [0.3, 0.4) is 0 Å². The summed E-state index contributed by atoms with van der Waals surface area (Å²) < 4.78 is 90.8. The Morgan fingerprint density at radius 3 is 1.16 bits per heavy atom. The van der Waals surface area contributed by atoms with Crippen molar-refractivity contribution in [3.63, 3.8) is 0 Å². The molecule has 0 aromatic heterocycles. The van der Waals surface area contributed by atoms with Gasteiger partial charge in [-0.1, -0.05) is 62.4 Å². The van der Waals surface area contributed by atoms with Gasteiger partial charge in [0.2, 0.25) is 65.1 Å². The lowest BCUT2D eigenvalue weighted by molar-refractivity contribution is -0.157. The third kappa shape index (κ3) is 29.6. The Labute approximate surface area is 806 Å². The highest BCUT2D eigenvalue weighted by molar-refractivity contribution is 7.90. The largest absolute Gasteiger partial charge is 0.487 e. The molecule has 1 fully saturated rings. The van der Waals surface area contributed by atoms with Crippen LogP contribution in [0.1, 0.15) is 250 Å². The molecule has 1 saturated carbocycles. The zero-order valence-corrected chi connectivity index (χ0v) is 84.6. The molecule has 0 spiro atoms. The summed E-state index contributed by atoms with van der Waals surface area (Å²) in [6, 6.07) is -0.128. The molecule has 2 aliphatic heterocycles. The zero-order chi connectivity index (χ0) is 103. The van der Waals surface area contributed by atoms with E-state index in [1.54, 1.807) is 93.5 Å². The van der Waals surface area contributed by atoms with E-state index in [9.17, 15) is 74.4 Å². The number of nitrogens with one attached hydrogen (secondary N) is 16. The standard InChI is InChI=1S/C96H137N17O23S2/c1-48-50(3)78(52(5)75-63(48)44-95(20,21)135-75)137(128,129)112-89(98)101-40-30-37-65(84(122)104-57(10)82(120)109-68(42-72(116)133-92(12,13)14)87(125)103-55(8)80(97)118)107-81(119)56(9)106-88(126)69(43-73(117)134-93(15,16)17)110-83(121)58(11)105-85(123)66(38-31-41-102-90(99)113-138(130,131)79-51(4)49(2)64-45-96(22,23)136-76(64)53(79)6)108-86(124)67(36-28-29-39-100-54(7)74-70(114)46-94(18,19)47-71(74)115)111-91(127)132-77-61-34-26-24-32-59(61)60-33-25-27-35-62(60)77/h24-27,32-35,55-58,65-69,77,100H,28-31,36-47H2,1-23H3,(H2,97,118)(H,103,125)(H,104,122)(H,105,123)(H,106,126)(H,107,119)(H,108,124)(H,109,120)(H,110,121)(H,111,127)(H3,98,101,112)(H3,99,102,113)/t55-,56-,57-,58-,65-,66-,67-,68-,69-/m0/s1. The summed E-state index contributed by atoms with van der Waals surface area (Å²) in [5.41, 5.74) is 9.40. The van der Waals surface area contributed by atoms with Crippen LogP contribution in [0.4, 0.5) is 4.79 Å². The number of nitrogens with two attached hydrogens (primary N) is 1. The highest BCUT2D eigenvalue weighted by atomic mass is 32.2. The number of ether oxygens (including phenoxy) is 5. The Bertz CT molecular complexity index is 5650. The number of alkyl carbamates (subject to hydrolysis) is 1. The van der Waals surface area contributed by atoms with Gasteiger partial charge in [0.05, 0.1) is 28.2 Å². The van der Waals surface area contributed by atoms with Crippen LogP contribution < -0.4 is 88.5 Å². The molecule has 0 saturated heterocycles. The number of sulfonamides is 2. The zero-order valence-electron chi connectivity index (χ0n) is 83.0. The number of fused-ring (bicyclic) bond motifs is 5. The van der Waals surface area contributed by atoms with Gasteiger partial charge in [-0.15, -0.1) is 0 Å². The van der Waals surface area contributed by atoms with Crippen molar-refractivity contribution in [2.24, 2.45) is 11.1 Å². The lowest BCUT2D eigenvalue weighted by atomic mass is 9.73. The molecule has 0 bridgehead atoms. The van der Waals surface area contributed by atoms with Crippen LogP contribution in [0.25, 0.3) is 11.1 Å². The summed E-state index contributed by atoms with van der Waals surface area (Å²) in [6.07, 6.45) is -2.87. The highest BCUT2D eigenvalue weighted by Gasteiger charge is 2.44. The summed E-state index contributed by atoms with van der Waals surface area (Å²) in [7, 11) is -8.94. The number of Topliss-reactive ketones (excluding diaryl/α,β-unsaturated/α-hetero) is 2. The number of rotatable bonds is 41. The van der Waals surface area contributed by atoms with Crippen molar-refractivity contribution in [3.05, 3.63) is 115 Å². The summed E-state index contributed by atoms with van der Waals surface area (Å²) in [4.78, 5) is 196. The molecule has 2 heterocycles. The molecule has 4 aromatic rings. The third-order valence-corrected chi connectivity index (χ3v) is 27.1. The maximum atomic E-state index is 15.2. The number of hydrogen-bond donors (Lipinski definition) is 17. The van der Waals surface area contributed by atoms with E-state index in [-0.39, 0.29) is 97.9 Å². The van der Waals surface area contributed by atoms with E-state index in [1.165, 1.54) is 41.5 Å². The SMILES string of the molecule is CC(NCCCC[C@H](NC(=O)OC1c2ccccc2-c2ccccc21)C(=O)N[C@@H](CCCNC(=N)NS(=O)(=O)c1c(C)c(C)c2c(c1C)OC(C)(C)C2)C(=O)N[C@@H](C)C(=O)N[C@@H](CC(=O)OC(C)(C)C)C(=O)N[C@@H](C)C(=O)N[C@@H](CCCNC(=N)NS(=O)(=O)c1c(C)c(C)c2c(c1C)OC(C)(C)C2)C(=O)N[C@@H](C)C(=O)N[C@@H](CC(=O)OC(C)(C)C)C(=O)N[C@@H](C)C(N)=O)=C1C(=O)CC(C)(C)CC1=O. The number of guanidine groups is 2. The second-order valence-corrected chi connectivity index (χ2v) is 43.0. The number of carbonyl (C=O) groups excluding carboxylic acids is 14. The molecule has 0 unspecified atom stereocenters. The van der Waals surface area contributed by atoms with Gasteiger partial charge in [-0.3, -0.25) is 73.1 Å². The lowest BCUT2D eigenvalue weighted by Crippen LogP contribution is -2.60. The lowest BCUT2D eigenvalue weighted by Gasteiger charge is -2.29. The normalized spacial score (nSPS) is 16.4. The molecule has 2 aliphatic carbocycles. The second kappa shape index (κ2) is 45.2. The fraction of sp³-hybridized carbons (Fsp3) is 0.562. The molecule has 0 radical (unpaired) electrons. The van der Waals surface area contributed by atoms with E-state index in [4.69, 9.17) is 40.2 Å². The van der Waals surface area contributed by atoms with Crippen LogP contribution in [-0.2, 0) is 109 Å². The van der Waals surface area contributed by atoms with E-state index in [2.05, 4.69) is 73.2 Å². The Hall–Kier alpha value is -12.8. The van der Waals surface area contributed by atoms with Crippen molar-refractivity contribution in [2.45, 2.75) is 335 Å². The molecule has 138 heavy (non-hydrogen) atoms. The molecular weight excluding hydrogens is 1820 g/mol. The predicted molar refractivity (Wildman–Crippen MR) is 512 cm³/mol. The van der Waals surface area contributed by atoms with Gasteiger partial charge in [-0.2, -0.15) is 0 Å². The van der Waals surface area contributed by atoms with E-state index in [0.717, 1.165) is 29.2 Å². The Morgan fingerprint density at radius 1 is 0.442 bits per heavy atom. The number of primary amides is 1. The van der Waals surface area contributed by atoms with Gasteiger partial charge >= 0.3 is 18.0 Å². The van der Waals surface area contributed by atoms with Crippen LogP contribution in [0, 0.1) is 57.8 Å². The van der Waals surface area contributed by atoms with Gasteiger partial charge in [0.15, 0.2) is 17.7 Å². The van der Waals surface area contributed by atoms with Crippen LogP contribution in [0.5, 0.6) is 11.5 Å². The molecule has 8 rings (SSSR count). The number of ketones is 2. The first kappa shape index (κ1) is 111. The molecule has 4 aliphatic rings. The molecular formula is C96H137N17O23S2. The molecule has 4 aromatic carbocycles. The molecule has 18 N–H and O–H groups in total. The number of allylic oxidation sites excluding steroid dienone is 2. The van der Waals surface area contributed by atoms with Crippen LogP contribution >= 0.6 is 0 Å². The molecule has 40 nitrogen and oxygen atoms in total. The minimum Gasteiger partial charge on any atom is -0.487 e. The van der Waals surface area contributed by atoms with E-state index >= 15 is 9.59 Å². The summed E-state index contributed by atoms with van der Waals surface area (Å²) >= 11 is 0. The van der Waals surface area contributed by atoms with Gasteiger partial charge in [0.25, 0.3) is 20.0 Å². The Morgan fingerprint density at radius 2 is 0.775 bits per heavy atom. The highest BCUT2D eigenvalue weighted by Crippen LogP contribution is 2.48. The number of unbranched alkanes of at least 4 members (excludes halogenated alkanes) is 1. The van der Waals surface area contributed by atoms with Crippen molar-refractivity contribution in [1.29, 1.82) is 10.8 Å². The van der Waals surface area contributed by atoms with Crippen molar-refractivity contribution in [3.8, 4) is 22.6 Å². The summed E-state index contributed by atoms with van der Waals surface area (Å²) in [6.45, 7) is 36.6. The topological polar surface area (TPSA) is 596 Å². The summed E-state index contributed by atoms with van der Waals surface area (Å²) in [5, 5.41) is 48.5. The predicted octanol–water partition coefficient (Wildman–Crippen LogP) is 5.59. The smallest absolute Gasteiger partial charge is 0.408 e. The average Bonchev–Trinajstić information content (AvgIpc) is 1.62. The quantitative estimate of drug-likeness (QED) is 0.00489. The van der Waals surface area contributed by atoms with Gasteiger partial charge in [0, 0.05) is 84.4 Å². The van der Waals surface area contributed by atoms with E-state index < -0.39 is 204 Å². The van der Waals surface area contributed by atoms with E-state index in [1.807, 2.05) is 65.8 Å². The molecule has 9 atom stereocenters. The number of esters is 2. The Kier molecular flexibility index (Phi) is 36.2. The van der Waals surface area contributed by atoms with Crippen LogP contribution in [-0.4, -0.2) is 208 Å².